The topological polar surface area (TPSA) is 73.7 Å². The fourth-order valence-electron chi connectivity index (χ4n) is 6.73. The fraction of sp³-hybridized carbons (Fsp3) is 0.132. The van der Waals surface area contributed by atoms with Crippen molar-refractivity contribution >= 4 is 22.6 Å². The number of para-hydroxylation sites is 1. The second-order valence-electron chi connectivity index (χ2n) is 11.2. The van der Waals surface area contributed by atoms with Crippen LogP contribution >= 0.6 is 0 Å². The smallest absolute Gasteiger partial charge is 0.340 e. The SMILES string of the molecule is CCN(CC)c1ccc2c(c1)Oc1cc(-n3c(-c4ccccc4)nc4ccccc4c3=O)ccc1C21OC(=O)c2ccccc21. The monoisotopic (exact) mass is 591 g/mol. The lowest BCUT2D eigenvalue weighted by atomic mass is 9.77. The molecule has 0 radical (unpaired) electrons. The number of hydrogen-bond donors (Lipinski definition) is 0. The molecule has 2 aliphatic heterocycles. The van der Waals surface area contributed by atoms with Crippen LogP contribution in [0.2, 0.25) is 0 Å². The van der Waals surface area contributed by atoms with Gasteiger partial charge in [0, 0.05) is 53.2 Å². The van der Waals surface area contributed by atoms with E-state index in [4.69, 9.17) is 14.5 Å². The summed E-state index contributed by atoms with van der Waals surface area (Å²) in [5, 5.41) is 0.514. The van der Waals surface area contributed by atoms with Crippen LogP contribution in [0, 0.1) is 0 Å². The van der Waals surface area contributed by atoms with E-state index in [1.165, 1.54) is 0 Å². The number of hydrogen-bond acceptors (Lipinski definition) is 6. The summed E-state index contributed by atoms with van der Waals surface area (Å²) >= 11 is 0. The minimum absolute atomic E-state index is 0.188. The van der Waals surface area contributed by atoms with Gasteiger partial charge >= 0.3 is 5.97 Å². The van der Waals surface area contributed by atoms with E-state index in [9.17, 15) is 9.59 Å². The molecular formula is C38H29N3O4. The van der Waals surface area contributed by atoms with E-state index >= 15 is 0 Å². The molecule has 45 heavy (non-hydrogen) atoms. The molecule has 1 spiro atoms. The summed E-state index contributed by atoms with van der Waals surface area (Å²) in [5.74, 6) is 1.23. The number of aromatic nitrogens is 2. The Morgan fingerprint density at radius 1 is 0.733 bits per heavy atom. The first-order valence-corrected chi connectivity index (χ1v) is 15.2. The van der Waals surface area contributed by atoms with E-state index in [2.05, 4.69) is 24.8 Å². The number of carbonyl (C=O) groups is 1. The average Bonchev–Trinajstić information content (AvgIpc) is 3.37. The summed E-state index contributed by atoms with van der Waals surface area (Å²) < 4.78 is 14.7. The number of fused-ring (bicyclic) bond motifs is 7. The molecular weight excluding hydrogens is 562 g/mol. The van der Waals surface area contributed by atoms with E-state index in [0.717, 1.165) is 35.5 Å². The van der Waals surface area contributed by atoms with Crippen LogP contribution in [0.15, 0.2) is 120 Å². The lowest BCUT2D eigenvalue weighted by Gasteiger charge is -2.37. The molecule has 0 saturated carbocycles. The quantitative estimate of drug-likeness (QED) is 0.194. The molecule has 0 bridgehead atoms. The van der Waals surface area contributed by atoms with Crippen LogP contribution in [0.4, 0.5) is 5.69 Å². The van der Waals surface area contributed by atoms with Crippen molar-refractivity contribution in [2.24, 2.45) is 0 Å². The summed E-state index contributed by atoms with van der Waals surface area (Å²) in [5.41, 5.74) is 4.37. The maximum absolute atomic E-state index is 14.1. The van der Waals surface area contributed by atoms with Gasteiger partial charge in [0.05, 0.1) is 22.2 Å². The molecule has 0 aliphatic carbocycles. The zero-order valence-corrected chi connectivity index (χ0v) is 24.9. The van der Waals surface area contributed by atoms with E-state index in [0.29, 0.717) is 45.0 Å². The molecule has 8 rings (SSSR count). The zero-order valence-electron chi connectivity index (χ0n) is 24.9. The highest BCUT2D eigenvalue weighted by atomic mass is 16.6. The fourth-order valence-corrected chi connectivity index (χ4v) is 6.73. The van der Waals surface area contributed by atoms with Gasteiger partial charge in [0.25, 0.3) is 5.56 Å². The van der Waals surface area contributed by atoms with Crippen molar-refractivity contribution in [1.29, 1.82) is 0 Å². The summed E-state index contributed by atoms with van der Waals surface area (Å²) in [4.78, 5) is 34.7. The van der Waals surface area contributed by atoms with E-state index < -0.39 is 5.60 Å². The first-order chi connectivity index (χ1) is 22.0. The van der Waals surface area contributed by atoms with Crippen molar-refractivity contribution in [1.82, 2.24) is 9.55 Å². The number of esters is 1. The Hall–Kier alpha value is -5.69. The molecule has 220 valence electrons. The van der Waals surface area contributed by atoms with Crippen molar-refractivity contribution in [3.05, 3.63) is 148 Å². The molecule has 5 aromatic carbocycles. The van der Waals surface area contributed by atoms with Gasteiger partial charge in [-0.25, -0.2) is 9.78 Å². The molecule has 3 heterocycles. The van der Waals surface area contributed by atoms with Crippen molar-refractivity contribution in [2.75, 3.05) is 18.0 Å². The summed E-state index contributed by atoms with van der Waals surface area (Å²) in [7, 11) is 0. The predicted octanol–water partition coefficient (Wildman–Crippen LogP) is 7.47. The maximum Gasteiger partial charge on any atom is 0.340 e. The number of carbonyl (C=O) groups excluding carboxylic acids is 1. The highest BCUT2D eigenvalue weighted by molar-refractivity contribution is 5.97. The summed E-state index contributed by atoms with van der Waals surface area (Å²) in [6, 6.07) is 36.2. The molecule has 0 N–H and O–H groups in total. The van der Waals surface area contributed by atoms with E-state index in [1.54, 1.807) is 16.7 Å². The van der Waals surface area contributed by atoms with E-state index in [1.807, 2.05) is 97.1 Å². The van der Waals surface area contributed by atoms with Crippen molar-refractivity contribution < 1.29 is 14.3 Å². The third-order valence-electron chi connectivity index (χ3n) is 8.88. The first kappa shape index (κ1) is 26.9. The van der Waals surface area contributed by atoms with Gasteiger partial charge in [-0.05, 0) is 56.3 Å². The van der Waals surface area contributed by atoms with Crippen molar-refractivity contribution in [3.8, 4) is 28.6 Å². The Labute approximate surface area is 259 Å². The molecule has 7 heteroatoms. The van der Waals surface area contributed by atoms with Crippen LogP contribution < -0.4 is 15.2 Å². The lowest BCUT2D eigenvalue weighted by molar-refractivity contribution is 0.0224. The highest BCUT2D eigenvalue weighted by Crippen LogP contribution is 2.56. The van der Waals surface area contributed by atoms with Gasteiger partial charge in [-0.3, -0.25) is 9.36 Å². The van der Waals surface area contributed by atoms with E-state index in [-0.39, 0.29) is 11.5 Å². The lowest BCUT2D eigenvalue weighted by Crippen LogP contribution is -2.33. The highest BCUT2D eigenvalue weighted by Gasteiger charge is 2.53. The average molecular weight is 592 g/mol. The van der Waals surface area contributed by atoms with Crippen molar-refractivity contribution in [2.45, 2.75) is 19.4 Å². The minimum Gasteiger partial charge on any atom is -0.456 e. The van der Waals surface area contributed by atoms with Gasteiger partial charge in [0.15, 0.2) is 5.60 Å². The number of ether oxygens (including phenoxy) is 2. The molecule has 6 aromatic rings. The van der Waals surface area contributed by atoms with Crippen LogP contribution in [0.25, 0.3) is 28.0 Å². The Morgan fingerprint density at radius 3 is 2.22 bits per heavy atom. The summed E-state index contributed by atoms with van der Waals surface area (Å²) in [6.45, 7) is 5.89. The number of rotatable bonds is 5. The van der Waals surface area contributed by atoms with Gasteiger partial charge in [0.2, 0.25) is 0 Å². The largest absolute Gasteiger partial charge is 0.456 e. The zero-order chi connectivity index (χ0) is 30.7. The normalized spacial score (nSPS) is 16.1. The van der Waals surface area contributed by atoms with Crippen LogP contribution in [-0.4, -0.2) is 28.6 Å². The third kappa shape index (κ3) is 3.93. The second kappa shape index (κ2) is 10.2. The number of nitrogens with zero attached hydrogens (tertiary/aromatic N) is 3. The Kier molecular flexibility index (Phi) is 6.10. The molecule has 0 amide bonds. The van der Waals surface area contributed by atoms with Gasteiger partial charge < -0.3 is 14.4 Å². The second-order valence-corrected chi connectivity index (χ2v) is 11.2. The molecule has 1 aromatic heterocycles. The van der Waals surface area contributed by atoms with Crippen molar-refractivity contribution in [3.63, 3.8) is 0 Å². The Morgan fingerprint density at radius 2 is 1.42 bits per heavy atom. The number of benzene rings is 5. The van der Waals surface area contributed by atoms with Crippen LogP contribution in [0.3, 0.4) is 0 Å². The van der Waals surface area contributed by atoms with Gasteiger partial charge in [-0.1, -0.05) is 60.7 Å². The molecule has 1 unspecified atom stereocenters. The Balaban J connectivity index is 1.39. The third-order valence-corrected chi connectivity index (χ3v) is 8.88. The first-order valence-electron chi connectivity index (χ1n) is 15.2. The molecule has 1 atom stereocenters. The molecule has 0 fully saturated rings. The van der Waals surface area contributed by atoms with Gasteiger partial charge in [-0.15, -0.1) is 0 Å². The number of anilines is 1. The standard InChI is InChI=1S/C38H29N3O4/c1-3-40(4-2)25-18-20-30-33(22-25)44-34-23-26(19-21-31(34)38(30)29-16-10-8-14-27(29)37(43)45-38)41-35(24-12-6-5-7-13-24)39-32-17-11-9-15-28(32)36(41)42/h5-23H,3-4H2,1-2H3. The molecule has 0 saturated heterocycles. The maximum atomic E-state index is 14.1. The Bertz CT molecular complexity index is 2200. The van der Waals surface area contributed by atoms with Gasteiger partial charge in [-0.2, -0.15) is 0 Å². The van der Waals surface area contributed by atoms with Gasteiger partial charge in [0.1, 0.15) is 17.3 Å². The molecule has 7 nitrogen and oxygen atoms in total. The summed E-state index contributed by atoms with van der Waals surface area (Å²) in [6.07, 6.45) is 0. The predicted molar refractivity (Wildman–Crippen MR) is 175 cm³/mol. The van der Waals surface area contributed by atoms with Crippen LogP contribution in [0.5, 0.6) is 11.5 Å². The van der Waals surface area contributed by atoms with Crippen LogP contribution in [0.1, 0.15) is 40.9 Å². The minimum atomic E-state index is -1.20. The van der Waals surface area contributed by atoms with Crippen LogP contribution in [-0.2, 0) is 10.3 Å². The molecule has 2 aliphatic rings.